The van der Waals surface area contributed by atoms with Crippen molar-refractivity contribution in [2.24, 2.45) is 0 Å². The van der Waals surface area contributed by atoms with Gasteiger partial charge in [-0.15, -0.1) is 10.2 Å². The number of nitrogens with zero attached hydrogens (tertiary/aromatic N) is 2. The van der Waals surface area contributed by atoms with Crippen molar-refractivity contribution in [2.45, 2.75) is 9.24 Å². The molecule has 12 heteroatoms. The molecular formula is C14H9BrClN3O4S3. The van der Waals surface area contributed by atoms with Gasteiger partial charge in [0.15, 0.2) is 0 Å². The number of halogens is 2. The zero-order valence-corrected chi connectivity index (χ0v) is 17.4. The normalized spacial score (nSPS) is 12.2. The maximum atomic E-state index is 12.4. The minimum Gasteiger partial charge on any atom is -0.206 e. The molecule has 0 bridgehead atoms. The molecule has 3 rings (SSSR count). The van der Waals surface area contributed by atoms with Crippen LogP contribution in [0.1, 0.15) is 0 Å². The summed E-state index contributed by atoms with van der Waals surface area (Å²) in [5, 5.41) is 8.02. The van der Waals surface area contributed by atoms with E-state index in [2.05, 4.69) is 26.1 Å². The number of rotatable bonds is 5. The van der Waals surface area contributed by atoms with Gasteiger partial charge in [0.25, 0.3) is 20.0 Å². The quantitative estimate of drug-likeness (QED) is 0.583. The number of benzene rings is 2. The van der Waals surface area contributed by atoms with Gasteiger partial charge in [0.2, 0.25) is 4.34 Å². The third kappa shape index (κ3) is 4.13. The third-order valence-corrected chi connectivity index (χ3v) is 8.79. The molecule has 0 fully saturated rings. The summed E-state index contributed by atoms with van der Waals surface area (Å²) in [6.45, 7) is 0. The van der Waals surface area contributed by atoms with E-state index in [9.17, 15) is 16.8 Å². The SMILES string of the molecule is O=S(=O)(NS(=O)(=O)c1nnc(-c2ccccc2Cl)s1)c1ccc(Br)cc1. The highest BCUT2D eigenvalue weighted by molar-refractivity contribution is 9.10. The monoisotopic (exact) mass is 493 g/mol. The second-order valence-electron chi connectivity index (χ2n) is 4.90. The predicted octanol–water partition coefficient (Wildman–Crippen LogP) is 3.29. The van der Waals surface area contributed by atoms with E-state index in [1.807, 2.05) is 0 Å². The van der Waals surface area contributed by atoms with E-state index in [0.717, 1.165) is 0 Å². The number of sulfonamides is 2. The first kappa shape index (κ1) is 19.4. The van der Waals surface area contributed by atoms with Crippen molar-refractivity contribution in [1.29, 1.82) is 0 Å². The Kier molecular flexibility index (Phi) is 5.47. The van der Waals surface area contributed by atoms with Gasteiger partial charge in [-0.05, 0) is 30.3 Å². The minimum absolute atomic E-state index is 0.194. The van der Waals surface area contributed by atoms with Crippen LogP contribution in [0, 0.1) is 0 Å². The van der Waals surface area contributed by atoms with Gasteiger partial charge in [-0.3, -0.25) is 0 Å². The molecule has 0 atom stereocenters. The maximum Gasteiger partial charge on any atom is 0.283 e. The Morgan fingerprint density at radius 2 is 1.58 bits per heavy atom. The van der Waals surface area contributed by atoms with E-state index in [0.29, 0.717) is 26.4 Å². The number of hydrogen-bond donors (Lipinski definition) is 1. The lowest BCUT2D eigenvalue weighted by molar-refractivity contribution is 0.576. The predicted molar refractivity (Wildman–Crippen MR) is 102 cm³/mol. The molecule has 0 aliphatic heterocycles. The van der Waals surface area contributed by atoms with Crippen LogP contribution >= 0.6 is 38.9 Å². The summed E-state index contributed by atoms with van der Waals surface area (Å²) in [6, 6.07) is 12.2. The van der Waals surface area contributed by atoms with Gasteiger partial charge in [-0.2, -0.15) is 0 Å². The summed E-state index contributed by atoms with van der Waals surface area (Å²) in [5.41, 5.74) is 0.504. The highest BCUT2D eigenvalue weighted by atomic mass is 79.9. The highest BCUT2D eigenvalue weighted by Crippen LogP contribution is 2.31. The molecule has 0 aliphatic carbocycles. The van der Waals surface area contributed by atoms with E-state index in [-0.39, 0.29) is 9.90 Å². The summed E-state index contributed by atoms with van der Waals surface area (Å²) < 4.78 is 51.2. The van der Waals surface area contributed by atoms with Crippen LogP contribution in [0.15, 0.2) is 62.2 Å². The maximum absolute atomic E-state index is 12.4. The molecule has 0 aliphatic rings. The van der Waals surface area contributed by atoms with Crippen molar-refractivity contribution >= 4 is 58.9 Å². The molecule has 7 nitrogen and oxygen atoms in total. The van der Waals surface area contributed by atoms with Gasteiger partial charge in [-0.1, -0.05) is 61.2 Å². The van der Waals surface area contributed by atoms with E-state index in [1.165, 1.54) is 24.3 Å². The van der Waals surface area contributed by atoms with Crippen LogP contribution in [0.2, 0.25) is 5.02 Å². The Labute approximate surface area is 167 Å². The standard InChI is InChI=1S/C14H9BrClN3O4S3/c15-9-5-7-10(8-6-9)25(20,21)19-26(22,23)14-18-17-13(24-14)11-3-1-2-4-12(11)16/h1-8,19H. The number of aromatic nitrogens is 2. The van der Waals surface area contributed by atoms with Crippen LogP contribution in [0.3, 0.4) is 0 Å². The van der Waals surface area contributed by atoms with E-state index in [4.69, 9.17) is 11.6 Å². The summed E-state index contributed by atoms with van der Waals surface area (Å²) in [7, 11) is -8.72. The molecule has 0 saturated heterocycles. The molecule has 2 aromatic carbocycles. The fourth-order valence-electron chi connectivity index (χ4n) is 1.90. The lowest BCUT2D eigenvalue weighted by Crippen LogP contribution is -2.30. The molecule has 0 spiro atoms. The van der Waals surface area contributed by atoms with Crippen molar-refractivity contribution in [3.05, 3.63) is 58.0 Å². The largest absolute Gasteiger partial charge is 0.283 e. The zero-order chi connectivity index (χ0) is 18.9. The lowest BCUT2D eigenvalue weighted by atomic mass is 10.2. The molecular weight excluding hydrogens is 486 g/mol. The van der Waals surface area contributed by atoms with Gasteiger partial charge >= 0.3 is 0 Å². The molecule has 3 aromatic rings. The first-order chi connectivity index (χ1) is 12.2. The average molecular weight is 495 g/mol. The third-order valence-electron chi connectivity index (χ3n) is 3.08. The van der Waals surface area contributed by atoms with Crippen LogP contribution in [-0.2, 0) is 20.0 Å². The highest BCUT2D eigenvalue weighted by Gasteiger charge is 2.28. The summed E-state index contributed by atoms with van der Waals surface area (Å²) >= 11 is 9.95. The average Bonchev–Trinajstić information content (AvgIpc) is 3.05. The van der Waals surface area contributed by atoms with Crippen LogP contribution in [0.4, 0.5) is 0 Å². The molecule has 1 aromatic heterocycles. The summed E-state index contributed by atoms with van der Waals surface area (Å²) in [4.78, 5) is -0.194. The molecule has 1 N–H and O–H groups in total. The Balaban J connectivity index is 1.92. The van der Waals surface area contributed by atoms with Crippen molar-refractivity contribution in [3.63, 3.8) is 0 Å². The topological polar surface area (TPSA) is 106 Å². The number of nitrogens with one attached hydrogen (secondary N) is 1. The van der Waals surface area contributed by atoms with Gasteiger partial charge < -0.3 is 0 Å². The van der Waals surface area contributed by atoms with E-state index >= 15 is 0 Å². The first-order valence-corrected chi connectivity index (χ1v) is 11.8. The summed E-state index contributed by atoms with van der Waals surface area (Å²) in [5.74, 6) is 0. The van der Waals surface area contributed by atoms with E-state index < -0.39 is 24.4 Å². The molecule has 0 saturated carbocycles. The van der Waals surface area contributed by atoms with Crippen molar-refractivity contribution in [3.8, 4) is 10.6 Å². The van der Waals surface area contributed by atoms with Gasteiger partial charge in [0, 0.05) is 10.0 Å². The Morgan fingerprint density at radius 1 is 0.923 bits per heavy atom. The van der Waals surface area contributed by atoms with Gasteiger partial charge in [-0.25, -0.2) is 16.8 Å². The Bertz CT molecular complexity index is 1160. The smallest absolute Gasteiger partial charge is 0.206 e. The molecule has 0 amide bonds. The fraction of sp³-hybridized carbons (Fsp3) is 0. The zero-order valence-electron chi connectivity index (χ0n) is 12.6. The Hall–Kier alpha value is -1.37. The van der Waals surface area contributed by atoms with Crippen LogP contribution in [0.5, 0.6) is 0 Å². The van der Waals surface area contributed by atoms with Gasteiger partial charge in [0.05, 0.1) is 9.92 Å². The molecule has 0 radical (unpaired) electrons. The first-order valence-electron chi connectivity index (χ1n) is 6.82. The Morgan fingerprint density at radius 3 is 2.23 bits per heavy atom. The summed E-state index contributed by atoms with van der Waals surface area (Å²) in [6.07, 6.45) is 0. The fourth-order valence-corrected chi connectivity index (χ4v) is 6.52. The van der Waals surface area contributed by atoms with Crippen LogP contribution in [-0.4, -0.2) is 27.0 Å². The molecule has 0 unspecified atom stereocenters. The van der Waals surface area contributed by atoms with Gasteiger partial charge in [0.1, 0.15) is 5.01 Å². The van der Waals surface area contributed by atoms with E-state index in [1.54, 1.807) is 28.4 Å². The van der Waals surface area contributed by atoms with Crippen LogP contribution < -0.4 is 4.13 Å². The van der Waals surface area contributed by atoms with Crippen molar-refractivity contribution < 1.29 is 16.8 Å². The number of hydrogen-bond acceptors (Lipinski definition) is 7. The second kappa shape index (κ2) is 7.33. The molecule has 136 valence electrons. The molecule has 1 heterocycles. The molecule has 26 heavy (non-hydrogen) atoms. The van der Waals surface area contributed by atoms with Crippen molar-refractivity contribution in [1.82, 2.24) is 14.3 Å². The van der Waals surface area contributed by atoms with Crippen molar-refractivity contribution in [2.75, 3.05) is 0 Å². The lowest BCUT2D eigenvalue weighted by Gasteiger charge is -2.05. The van der Waals surface area contributed by atoms with Crippen LogP contribution in [0.25, 0.3) is 10.6 Å². The second-order valence-corrected chi connectivity index (χ2v) is 11.0. The minimum atomic E-state index is -4.42.